The van der Waals surface area contributed by atoms with Crippen LogP contribution in [0.5, 0.6) is 0 Å². The maximum atomic E-state index is 12.5. The Morgan fingerprint density at radius 3 is 2.58 bits per heavy atom. The van der Waals surface area contributed by atoms with Gasteiger partial charge in [-0.1, -0.05) is 0 Å². The topological polar surface area (TPSA) is 44.1 Å². The Morgan fingerprint density at radius 2 is 2.11 bits per heavy atom. The third kappa shape index (κ3) is 2.68. The molecule has 1 aliphatic rings. The van der Waals surface area contributed by atoms with Gasteiger partial charge in [-0.2, -0.15) is 31.1 Å². The highest BCUT2D eigenvalue weighted by molar-refractivity contribution is 7.81. The number of benzene rings is 1. The molecule has 1 aliphatic heterocycles. The third-order valence-corrected chi connectivity index (χ3v) is 3.19. The number of hydrogen-bond acceptors (Lipinski definition) is 3. The van der Waals surface area contributed by atoms with Crippen molar-refractivity contribution >= 4 is 24.2 Å². The normalized spacial score (nSPS) is 19.6. The minimum Gasteiger partial charge on any atom is -0.310 e. The van der Waals surface area contributed by atoms with Crippen molar-refractivity contribution in [2.75, 3.05) is 11.4 Å². The lowest BCUT2D eigenvalue weighted by Crippen LogP contribution is -2.25. The lowest BCUT2D eigenvalue weighted by atomic mass is 10.1. The Kier molecular flexibility index (Phi) is 3.45. The number of carbonyl (C=O) groups is 1. The molecule has 0 spiro atoms. The number of nitriles is 1. The van der Waals surface area contributed by atoms with E-state index in [9.17, 15) is 18.0 Å². The number of halogens is 3. The molecule has 3 nitrogen and oxygen atoms in total. The largest absolute Gasteiger partial charge is 0.416 e. The summed E-state index contributed by atoms with van der Waals surface area (Å²) in [6.45, 7) is 0.294. The number of anilines is 1. The van der Waals surface area contributed by atoms with Gasteiger partial charge in [0.15, 0.2) is 0 Å². The molecule has 1 atom stereocenters. The van der Waals surface area contributed by atoms with E-state index in [1.54, 1.807) is 6.07 Å². The van der Waals surface area contributed by atoms with Crippen molar-refractivity contribution in [3.05, 3.63) is 29.3 Å². The van der Waals surface area contributed by atoms with Gasteiger partial charge in [-0.3, -0.25) is 4.79 Å². The molecule has 7 heteroatoms. The molecule has 19 heavy (non-hydrogen) atoms. The van der Waals surface area contributed by atoms with E-state index in [-0.39, 0.29) is 28.8 Å². The van der Waals surface area contributed by atoms with E-state index in [0.29, 0.717) is 6.54 Å². The molecule has 1 saturated heterocycles. The summed E-state index contributed by atoms with van der Waals surface area (Å²) in [4.78, 5) is 13.0. The van der Waals surface area contributed by atoms with Gasteiger partial charge in [-0.05, 0) is 18.2 Å². The predicted octanol–water partition coefficient (Wildman–Crippen LogP) is 2.61. The number of rotatable bonds is 1. The zero-order chi connectivity index (χ0) is 14.2. The molecule has 1 unspecified atom stereocenters. The van der Waals surface area contributed by atoms with Crippen LogP contribution in [0.4, 0.5) is 18.9 Å². The molecule has 0 aliphatic carbocycles. The average Bonchev–Trinajstić information content (AvgIpc) is 2.66. The summed E-state index contributed by atoms with van der Waals surface area (Å²) in [5.74, 6) is -0.240. The van der Waals surface area contributed by atoms with Crippen molar-refractivity contribution < 1.29 is 18.0 Å². The van der Waals surface area contributed by atoms with Crippen LogP contribution in [0.25, 0.3) is 0 Å². The van der Waals surface area contributed by atoms with Gasteiger partial charge in [-0.25, -0.2) is 0 Å². The van der Waals surface area contributed by atoms with Gasteiger partial charge in [0.25, 0.3) is 0 Å². The molecule has 0 bridgehead atoms. The molecule has 1 aromatic rings. The van der Waals surface area contributed by atoms with E-state index in [1.807, 2.05) is 0 Å². The summed E-state index contributed by atoms with van der Waals surface area (Å²) in [5.41, 5.74) is -0.857. The van der Waals surface area contributed by atoms with Crippen molar-refractivity contribution in [2.24, 2.45) is 0 Å². The molecule has 1 amide bonds. The fourth-order valence-electron chi connectivity index (χ4n) is 1.96. The highest BCUT2D eigenvalue weighted by Gasteiger charge is 2.34. The Bertz CT molecular complexity index is 565. The summed E-state index contributed by atoms with van der Waals surface area (Å²) >= 11 is 4.17. The molecule has 1 fully saturated rings. The Balaban J connectivity index is 2.43. The second kappa shape index (κ2) is 4.78. The molecule has 1 aromatic carbocycles. The molecule has 2 rings (SSSR count). The van der Waals surface area contributed by atoms with Crippen LogP contribution in [-0.2, 0) is 11.0 Å². The predicted molar refractivity (Wildman–Crippen MR) is 65.9 cm³/mol. The molecule has 0 radical (unpaired) electrons. The number of carbonyl (C=O) groups excluding carboxylic acids is 1. The van der Waals surface area contributed by atoms with Crippen LogP contribution in [0, 0.1) is 11.3 Å². The lowest BCUT2D eigenvalue weighted by Gasteiger charge is -2.18. The number of hydrogen-bond donors (Lipinski definition) is 1. The maximum absolute atomic E-state index is 12.5. The van der Waals surface area contributed by atoms with E-state index in [0.717, 1.165) is 18.2 Å². The smallest absolute Gasteiger partial charge is 0.310 e. The lowest BCUT2D eigenvalue weighted by molar-refractivity contribution is -0.137. The summed E-state index contributed by atoms with van der Waals surface area (Å²) < 4.78 is 37.6. The van der Waals surface area contributed by atoms with Crippen LogP contribution < -0.4 is 4.90 Å². The maximum Gasteiger partial charge on any atom is 0.416 e. The second-order valence-corrected chi connectivity index (χ2v) is 4.93. The zero-order valence-corrected chi connectivity index (χ0v) is 10.5. The monoisotopic (exact) mass is 286 g/mol. The van der Waals surface area contributed by atoms with E-state index < -0.39 is 11.7 Å². The van der Waals surface area contributed by atoms with Gasteiger partial charge in [0.1, 0.15) is 6.07 Å². The fourth-order valence-corrected chi connectivity index (χ4v) is 2.28. The summed E-state index contributed by atoms with van der Waals surface area (Å²) in [6.07, 6.45) is -4.29. The van der Waals surface area contributed by atoms with Gasteiger partial charge in [0.2, 0.25) is 5.91 Å². The summed E-state index contributed by atoms with van der Waals surface area (Å²) in [6, 6.07) is 4.49. The van der Waals surface area contributed by atoms with Gasteiger partial charge in [0.05, 0.1) is 16.8 Å². The Morgan fingerprint density at radius 1 is 1.42 bits per heavy atom. The average molecular weight is 286 g/mol. The number of amides is 1. The minimum absolute atomic E-state index is 0.161. The first-order chi connectivity index (χ1) is 8.82. The highest BCUT2D eigenvalue weighted by Crippen LogP contribution is 2.34. The molecule has 0 aromatic heterocycles. The van der Waals surface area contributed by atoms with Crippen LogP contribution in [0.2, 0.25) is 0 Å². The van der Waals surface area contributed by atoms with Gasteiger partial charge in [-0.15, -0.1) is 0 Å². The van der Waals surface area contributed by atoms with E-state index in [4.69, 9.17) is 5.26 Å². The van der Waals surface area contributed by atoms with Crippen molar-refractivity contribution in [2.45, 2.75) is 17.8 Å². The standard InChI is InChI=1S/C12H9F3N2OS/c13-12(14,15)8-1-2-10(7(3-8)5-16)17-6-9(19)4-11(17)18/h1-3,9,19H,4,6H2. The number of alkyl halides is 3. The third-order valence-electron chi connectivity index (χ3n) is 2.84. The molecular formula is C12H9F3N2OS. The molecule has 1 heterocycles. The van der Waals surface area contributed by atoms with E-state index in [2.05, 4.69) is 12.6 Å². The zero-order valence-electron chi connectivity index (χ0n) is 9.61. The highest BCUT2D eigenvalue weighted by atomic mass is 32.1. The van der Waals surface area contributed by atoms with Crippen LogP contribution in [-0.4, -0.2) is 17.7 Å². The Hall–Kier alpha value is -1.68. The van der Waals surface area contributed by atoms with Gasteiger partial charge in [0, 0.05) is 18.2 Å². The number of nitrogens with zero attached hydrogens (tertiary/aromatic N) is 2. The van der Waals surface area contributed by atoms with Gasteiger partial charge < -0.3 is 4.90 Å². The van der Waals surface area contributed by atoms with Crippen molar-refractivity contribution in [1.29, 1.82) is 5.26 Å². The van der Waals surface area contributed by atoms with Crippen LogP contribution >= 0.6 is 12.6 Å². The van der Waals surface area contributed by atoms with Gasteiger partial charge >= 0.3 is 6.18 Å². The molecule has 100 valence electrons. The first kappa shape index (κ1) is 13.7. The van der Waals surface area contributed by atoms with Crippen molar-refractivity contribution in [3.63, 3.8) is 0 Å². The summed E-state index contributed by atoms with van der Waals surface area (Å²) in [7, 11) is 0. The molecular weight excluding hydrogens is 277 g/mol. The second-order valence-electron chi connectivity index (χ2n) is 4.20. The van der Waals surface area contributed by atoms with Crippen molar-refractivity contribution in [3.8, 4) is 6.07 Å². The first-order valence-corrected chi connectivity index (χ1v) is 5.94. The number of thiol groups is 1. The first-order valence-electron chi connectivity index (χ1n) is 5.42. The van der Waals surface area contributed by atoms with Crippen LogP contribution in [0.1, 0.15) is 17.5 Å². The SMILES string of the molecule is N#Cc1cc(C(F)(F)F)ccc1N1CC(S)CC1=O. The Labute approximate surface area is 113 Å². The molecule has 0 saturated carbocycles. The van der Waals surface area contributed by atoms with E-state index >= 15 is 0 Å². The van der Waals surface area contributed by atoms with Crippen LogP contribution in [0.3, 0.4) is 0 Å². The van der Waals surface area contributed by atoms with Crippen LogP contribution in [0.15, 0.2) is 18.2 Å². The summed E-state index contributed by atoms with van der Waals surface area (Å²) in [5, 5.41) is 8.78. The molecule has 0 N–H and O–H groups in total. The van der Waals surface area contributed by atoms with E-state index in [1.165, 1.54) is 4.90 Å². The van der Waals surface area contributed by atoms with Crippen molar-refractivity contribution in [1.82, 2.24) is 0 Å². The fraction of sp³-hybridized carbons (Fsp3) is 0.333. The minimum atomic E-state index is -4.51. The quantitative estimate of drug-likeness (QED) is 0.806.